The number of ether oxygens (including phenoxy) is 1. The second-order valence-electron chi connectivity index (χ2n) is 8.75. The molecule has 2 aliphatic carbocycles. The normalized spacial score (nSPS) is 30.2. The van der Waals surface area contributed by atoms with Crippen LogP contribution in [0.25, 0.3) is 0 Å². The minimum Gasteiger partial charge on any atom is -0.461 e. The summed E-state index contributed by atoms with van der Waals surface area (Å²) in [5, 5.41) is 5.89. The second-order valence-corrected chi connectivity index (χ2v) is 9.81. The number of para-hydroxylation sites is 1. The van der Waals surface area contributed by atoms with Crippen LogP contribution in [-0.2, 0) is 14.3 Å². The van der Waals surface area contributed by atoms with Crippen LogP contribution >= 0.6 is 15.9 Å². The zero-order valence-corrected chi connectivity index (χ0v) is 18.8. The predicted octanol–water partition coefficient (Wildman–Crippen LogP) is 4.07. The Bertz CT molecular complexity index is 1060. The van der Waals surface area contributed by atoms with Gasteiger partial charge in [-0.2, -0.15) is 0 Å². The number of nitrogens with one attached hydrogen (secondary N) is 2. The Hall–Kier alpha value is -2.67. The number of rotatable bonds is 4. The summed E-state index contributed by atoms with van der Waals surface area (Å²) in [7, 11) is 0. The number of esters is 1. The number of amides is 2. The second kappa shape index (κ2) is 7.48. The van der Waals surface area contributed by atoms with E-state index in [-0.39, 0.29) is 52.4 Å². The van der Waals surface area contributed by atoms with Gasteiger partial charge in [-0.25, -0.2) is 0 Å². The van der Waals surface area contributed by atoms with Gasteiger partial charge in [-0.05, 0) is 61.6 Å². The molecular formula is C24H23BrN2O4. The molecule has 3 fully saturated rings. The molecule has 5 rings (SSSR count). The van der Waals surface area contributed by atoms with Crippen LogP contribution in [0.2, 0.25) is 0 Å². The summed E-state index contributed by atoms with van der Waals surface area (Å²) in [5.74, 6) is -1.10. The van der Waals surface area contributed by atoms with Gasteiger partial charge in [0.25, 0.3) is 5.91 Å². The summed E-state index contributed by atoms with van der Waals surface area (Å²) < 4.78 is 5.48. The Morgan fingerprint density at radius 1 is 1.00 bits per heavy atom. The first-order valence-electron chi connectivity index (χ1n) is 10.5. The van der Waals surface area contributed by atoms with Crippen molar-refractivity contribution in [2.75, 3.05) is 10.6 Å². The lowest BCUT2D eigenvalue weighted by Crippen LogP contribution is -2.40. The van der Waals surface area contributed by atoms with Gasteiger partial charge in [-0.15, -0.1) is 0 Å². The van der Waals surface area contributed by atoms with Crippen LogP contribution in [0.4, 0.5) is 11.4 Å². The number of hydrogen-bond donors (Lipinski definition) is 2. The van der Waals surface area contributed by atoms with Crippen molar-refractivity contribution in [3.63, 3.8) is 0 Å². The highest BCUT2D eigenvalue weighted by Crippen LogP contribution is 2.60. The quantitative estimate of drug-likeness (QED) is 0.508. The summed E-state index contributed by atoms with van der Waals surface area (Å²) in [5.41, 5.74) is 3.92. The largest absolute Gasteiger partial charge is 0.461 e. The molecule has 0 radical (unpaired) electrons. The van der Waals surface area contributed by atoms with Crippen LogP contribution in [0.15, 0.2) is 42.5 Å². The first-order chi connectivity index (χ1) is 14.8. The van der Waals surface area contributed by atoms with Crippen molar-refractivity contribution < 1.29 is 19.1 Å². The van der Waals surface area contributed by atoms with E-state index in [1.165, 1.54) is 0 Å². The maximum absolute atomic E-state index is 13.0. The molecule has 3 aliphatic rings. The molecule has 2 aromatic rings. The zero-order valence-electron chi connectivity index (χ0n) is 17.2. The minimum atomic E-state index is -0.382. The molecule has 2 bridgehead atoms. The van der Waals surface area contributed by atoms with Crippen molar-refractivity contribution in [2.24, 2.45) is 23.7 Å². The summed E-state index contributed by atoms with van der Waals surface area (Å²) in [6.45, 7) is 3.91. The SMILES string of the molecule is Cc1cccc(C)c1NC(=O)c1ccc(NC(=O)[C@@H]2[C@H]3C[C@H]4[C@H](OC(=O)[C@@H]42)[C@H]3Br)cc1. The van der Waals surface area contributed by atoms with Gasteiger partial charge in [0.2, 0.25) is 5.91 Å². The molecule has 2 aromatic carbocycles. The number of hydrogen-bond acceptors (Lipinski definition) is 4. The van der Waals surface area contributed by atoms with E-state index >= 15 is 0 Å². The van der Waals surface area contributed by atoms with Crippen molar-refractivity contribution in [3.05, 3.63) is 59.2 Å². The third kappa shape index (κ3) is 3.26. The Kier molecular flexibility index (Phi) is 4.88. The number of anilines is 2. The topological polar surface area (TPSA) is 84.5 Å². The first-order valence-corrected chi connectivity index (χ1v) is 11.4. The van der Waals surface area contributed by atoms with Crippen molar-refractivity contribution in [1.82, 2.24) is 0 Å². The molecular weight excluding hydrogens is 460 g/mol. The lowest BCUT2D eigenvalue weighted by atomic mass is 9.79. The smallest absolute Gasteiger partial charge is 0.310 e. The predicted molar refractivity (Wildman–Crippen MR) is 120 cm³/mol. The number of benzene rings is 2. The van der Waals surface area contributed by atoms with Crippen molar-refractivity contribution in [2.45, 2.75) is 31.2 Å². The van der Waals surface area contributed by atoms with Crippen molar-refractivity contribution in [1.29, 1.82) is 0 Å². The van der Waals surface area contributed by atoms with E-state index in [1.807, 2.05) is 32.0 Å². The average Bonchev–Trinajstić information content (AvgIpc) is 3.35. The van der Waals surface area contributed by atoms with Crippen molar-refractivity contribution in [3.8, 4) is 0 Å². The Morgan fingerprint density at radius 2 is 1.68 bits per heavy atom. The molecule has 6 atom stereocenters. The monoisotopic (exact) mass is 482 g/mol. The van der Waals surface area contributed by atoms with Gasteiger partial charge in [-0.1, -0.05) is 34.1 Å². The summed E-state index contributed by atoms with van der Waals surface area (Å²) in [6.07, 6.45) is 0.744. The molecule has 2 amide bonds. The fourth-order valence-corrected chi connectivity index (χ4v) is 6.50. The fourth-order valence-electron chi connectivity index (χ4n) is 5.46. The molecule has 160 valence electrons. The molecule has 1 aliphatic heterocycles. The lowest BCUT2D eigenvalue weighted by Gasteiger charge is -2.27. The highest BCUT2D eigenvalue weighted by molar-refractivity contribution is 9.09. The van der Waals surface area contributed by atoms with Gasteiger partial charge in [0.05, 0.1) is 16.7 Å². The molecule has 7 heteroatoms. The maximum atomic E-state index is 13.0. The van der Waals surface area contributed by atoms with Crippen LogP contribution in [-0.4, -0.2) is 28.7 Å². The number of fused-ring (bicyclic) bond motifs is 1. The molecule has 2 saturated carbocycles. The highest BCUT2D eigenvalue weighted by Gasteiger charge is 2.67. The Morgan fingerprint density at radius 3 is 2.35 bits per heavy atom. The molecule has 1 saturated heterocycles. The van der Waals surface area contributed by atoms with Gasteiger partial charge in [0, 0.05) is 22.9 Å². The molecule has 31 heavy (non-hydrogen) atoms. The third-order valence-electron chi connectivity index (χ3n) is 6.96. The average molecular weight is 483 g/mol. The summed E-state index contributed by atoms with van der Waals surface area (Å²) >= 11 is 3.63. The Balaban J connectivity index is 1.27. The van der Waals surface area contributed by atoms with E-state index in [9.17, 15) is 14.4 Å². The number of alkyl halides is 1. The first kappa shape index (κ1) is 20.2. The van der Waals surface area contributed by atoms with Crippen LogP contribution in [0.5, 0.6) is 0 Å². The standard InChI is InChI=1S/C24H23BrN2O4/c1-11-4-3-5-12(2)20(11)27-22(28)13-6-8-14(9-7-13)26-23(29)17-15-10-16-18(17)24(30)31-21(16)19(15)25/h3-9,15-19,21H,10H2,1-2H3,(H,26,29)(H,27,28)/t15-,16-,17-,18+,19+,21+/m1/s1. The van der Waals surface area contributed by atoms with E-state index in [1.54, 1.807) is 24.3 Å². The van der Waals surface area contributed by atoms with Crippen LogP contribution in [0.3, 0.4) is 0 Å². The van der Waals surface area contributed by atoms with Gasteiger partial charge in [0.15, 0.2) is 0 Å². The fraction of sp³-hybridized carbons (Fsp3) is 0.375. The van der Waals surface area contributed by atoms with E-state index in [0.29, 0.717) is 11.3 Å². The van der Waals surface area contributed by atoms with Crippen LogP contribution in [0.1, 0.15) is 27.9 Å². The summed E-state index contributed by atoms with van der Waals surface area (Å²) in [6, 6.07) is 12.7. The minimum absolute atomic E-state index is 0.0342. The number of carbonyl (C=O) groups is 3. The molecule has 0 aromatic heterocycles. The van der Waals surface area contributed by atoms with Crippen LogP contribution in [0, 0.1) is 37.5 Å². The van der Waals surface area contributed by atoms with Crippen molar-refractivity contribution >= 4 is 45.1 Å². The van der Waals surface area contributed by atoms with Gasteiger partial charge in [-0.3, -0.25) is 14.4 Å². The molecule has 0 spiro atoms. The van der Waals surface area contributed by atoms with E-state index < -0.39 is 0 Å². The molecule has 1 heterocycles. The molecule has 2 N–H and O–H groups in total. The summed E-state index contributed by atoms with van der Waals surface area (Å²) in [4.78, 5) is 37.9. The Labute approximate surface area is 188 Å². The highest BCUT2D eigenvalue weighted by atomic mass is 79.9. The zero-order chi connectivity index (χ0) is 21.9. The van der Waals surface area contributed by atoms with E-state index in [2.05, 4.69) is 26.6 Å². The van der Waals surface area contributed by atoms with Gasteiger partial charge in [0.1, 0.15) is 6.10 Å². The van der Waals surface area contributed by atoms with E-state index in [0.717, 1.165) is 23.2 Å². The molecule has 0 unspecified atom stereocenters. The number of carbonyl (C=O) groups excluding carboxylic acids is 3. The molecule has 6 nitrogen and oxygen atoms in total. The number of halogens is 1. The van der Waals surface area contributed by atoms with E-state index in [4.69, 9.17) is 4.74 Å². The number of aryl methyl sites for hydroxylation is 2. The lowest BCUT2D eigenvalue weighted by molar-refractivity contribution is -0.145. The van der Waals surface area contributed by atoms with Crippen LogP contribution < -0.4 is 10.6 Å². The van der Waals surface area contributed by atoms with Gasteiger partial charge < -0.3 is 15.4 Å². The van der Waals surface area contributed by atoms with Gasteiger partial charge >= 0.3 is 5.97 Å². The maximum Gasteiger partial charge on any atom is 0.310 e. The third-order valence-corrected chi connectivity index (χ3v) is 8.16.